The van der Waals surface area contributed by atoms with Crippen LogP contribution >= 0.6 is 0 Å². The number of anilines is 1. The number of nitrogens with zero attached hydrogens (tertiary/aromatic N) is 1. The van der Waals surface area contributed by atoms with E-state index in [0.29, 0.717) is 19.6 Å². The van der Waals surface area contributed by atoms with Crippen LogP contribution in [0.2, 0.25) is 0 Å². The fourth-order valence-corrected chi connectivity index (χ4v) is 5.67. The Balaban J connectivity index is 1.16. The lowest BCUT2D eigenvalue weighted by atomic mass is 9.87. The first-order chi connectivity index (χ1) is 20.5. The summed E-state index contributed by atoms with van der Waals surface area (Å²) < 4.78 is 50.3. The van der Waals surface area contributed by atoms with Crippen LogP contribution in [0.15, 0.2) is 60.7 Å². The minimum atomic E-state index is -0.589. The van der Waals surface area contributed by atoms with Crippen molar-refractivity contribution in [3.8, 4) is 11.5 Å². The van der Waals surface area contributed by atoms with Crippen LogP contribution in [0.5, 0.6) is 11.5 Å². The molecule has 3 unspecified atom stereocenters. The Morgan fingerprint density at radius 2 is 1.93 bits per heavy atom. The molecule has 9 heteroatoms. The number of methoxy groups -OCH3 is 1. The van der Waals surface area contributed by atoms with Gasteiger partial charge in [0.05, 0.1) is 31.5 Å². The SMILES string of the molecule is COCCCN1CCOc2ccc(COC3CNCCC3c3ccc(C(N)CCOc4cc(F)ccc4F)cc3)cc21. The molecule has 1 fully saturated rings. The highest BCUT2D eigenvalue weighted by atomic mass is 19.1. The zero-order chi connectivity index (χ0) is 29.3. The molecule has 3 aromatic carbocycles. The summed E-state index contributed by atoms with van der Waals surface area (Å²) in [5.41, 5.74) is 10.8. The van der Waals surface area contributed by atoms with Crippen molar-refractivity contribution >= 4 is 5.69 Å². The minimum Gasteiger partial charge on any atom is -0.490 e. The third kappa shape index (κ3) is 7.77. The molecule has 0 bridgehead atoms. The van der Waals surface area contributed by atoms with E-state index in [9.17, 15) is 8.78 Å². The van der Waals surface area contributed by atoms with Crippen molar-refractivity contribution in [3.05, 3.63) is 89.0 Å². The Bertz CT molecular complexity index is 1290. The van der Waals surface area contributed by atoms with Crippen LogP contribution in [0.1, 0.15) is 47.9 Å². The van der Waals surface area contributed by atoms with Crippen LogP contribution in [-0.4, -0.2) is 59.2 Å². The third-order valence-electron chi connectivity index (χ3n) is 8.02. The minimum absolute atomic E-state index is 0.0397. The number of hydrogen-bond acceptors (Lipinski definition) is 7. The van der Waals surface area contributed by atoms with Gasteiger partial charge in [0.25, 0.3) is 0 Å². The molecular weight excluding hydrogens is 540 g/mol. The molecule has 42 heavy (non-hydrogen) atoms. The molecule has 0 amide bonds. The molecule has 3 aromatic rings. The Morgan fingerprint density at radius 3 is 2.76 bits per heavy atom. The van der Waals surface area contributed by atoms with Crippen LogP contribution in [0.4, 0.5) is 14.5 Å². The molecular formula is C33H41F2N3O4. The normalized spacial score (nSPS) is 19.2. The largest absolute Gasteiger partial charge is 0.490 e. The van der Waals surface area contributed by atoms with Gasteiger partial charge in [-0.15, -0.1) is 0 Å². The summed E-state index contributed by atoms with van der Waals surface area (Å²) in [6, 6.07) is 17.6. The van der Waals surface area contributed by atoms with Crippen molar-refractivity contribution < 1.29 is 27.7 Å². The summed E-state index contributed by atoms with van der Waals surface area (Å²) in [5.74, 6) is -0.0386. The molecule has 3 atom stereocenters. The topological polar surface area (TPSA) is 78.2 Å². The molecule has 3 N–H and O–H groups in total. The second kappa shape index (κ2) is 14.8. The van der Waals surface area contributed by atoms with E-state index in [-0.39, 0.29) is 30.4 Å². The van der Waals surface area contributed by atoms with Gasteiger partial charge in [-0.3, -0.25) is 0 Å². The smallest absolute Gasteiger partial charge is 0.165 e. The number of hydrogen-bond donors (Lipinski definition) is 2. The van der Waals surface area contributed by atoms with Crippen molar-refractivity contribution in [1.82, 2.24) is 5.32 Å². The van der Waals surface area contributed by atoms with Gasteiger partial charge >= 0.3 is 0 Å². The fourth-order valence-electron chi connectivity index (χ4n) is 5.67. The number of piperidine rings is 1. The third-order valence-corrected chi connectivity index (χ3v) is 8.02. The number of fused-ring (bicyclic) bond motifs is 1. The van der Waals surface area contributed by atoms with E-state index < -0.39 is 11.6 Å². The van der Waals surface area contributed by atoms with E-state index in [1.165, 1.54) is 5.56 Å². The first-order valence-electron chi connectivity index (χ1n) is 14.8. The highest BCUT2D eigenvalue weighted by Gasteiger charge is 2.28. The Kier molecular flexibility index (Phi) is 10.6. The summed E-state index contributed by atoms with van der Waals surface area (Å²) in [4.78, 5) is 2.37. The lowest BCUT2D eigenvalue weighted by Crippen LogP contribution is -2.41. The van der Waals surface area contributed by atoms with E-state index in [2.05, 4.69) is 40.5 Å². The van der Waals surface area contributed by atoms with Gasteiger partial charge in [0, 0.05) is 51.3 Å². The van der Waals surface area contributed by atoms with Gasteiger partial charge in [0.2, 0.25) is 0 Å². The van der Waals surface area contributed by atoms with Crippen LogP contribution in [0.3, 0.4) is 0 Å². The van der Waals surface area contributed by atoms with Gasteiger partial charge in [0.15, 0.2) is 11.6 Å². The lowest BCUT2D eigenvalue weighted by molar-refractivity contribution is 0.0106. The Labute approximate surface area is 246 Å². The number of ether oxygens (including phenoxy) is 4. The van der Waals surface area contributed by atoms with E-state index in [1.54, 1.807) is 7.11 Å². The molecule has 0 spiro atoms. The summed E-state index contributed by atoms with van der Waals surface area (Å²) >= 11 is 0. The van der Waals surface area contributed by atoms with Crippen molar-refractivity contribution in [1.29, 1.82) is 0 Å². The van der Waals surface area contributed by atoms with Crippen LogP contribution in [-0.2, 0) is 16.1 Å². The second-order valence-electron chi connectivity index (χ2n) is 10.9. The molecule has 2 heterocycles. The van der Waals surface area contributed by atoms with Crippen molar-refractivity contribution in [2.45, 2.75) is 43.9 Å². The maximum absolute atomic E-state index is 13.8. The molecule has 0 aromatic heterocycles. The molecule has 7 nitrogen and oxygen atoms in total. The van der Waals surface area contributed by atoms with E-state index in [4.69, 9.17) is 24.7 Å². The summed E-state index contributed by atoms with van der Waals surface area (Å²) in [6.07, 6.45) is 2.47. The van der Waals surface area contributed by atoms with Gasteiger partial charge in [-0.1, -0.05) is 30.3 Å². The molecule has 0 aliphatic carbocycles. The Hall–Kier alpha value is -3.24. The summed E-state index contributed by atoms with van der Waals surface area (Å²) in [6.45, 7) is 5.67. The van der Waals surface area contributed by atoms with Gasteiger partial charge in [-0.25, -0.2) is 8.78 Å². The van der Waals surface area contributed by atoms with Crippen LogP contribution < -0.4 is 25.4 Å². The highest BCUT2D eigenvalue weighted by molar-refractivity contribution is 5.61. The molecule has 2 aliphatic heterocycles. The molecule has 2 aliphatic rings. The predicted molar refractivity (Wildman–Crippen MR) is 159 cm³/mol. The maximum Gasteiger partial charge on any atom is 0.165 e. The van der Waals surface area contributed by atoms with Crippen molar-refractivity contribution in [2.24, 2.45) is 5.73 Å². The highest BCUT2D eigenvalue weighted by Crippen LogP contribution is 2.34. The second-order valence-corrected chi connectivity index (χ2v) is 10.9. The average Bonchev–Trinajstić information content (AvgIpc) is 3.02. The first-order valence-corrected chi connectivity index (χ1v) is 14.8. The monoisotopic (exact) mass is 581 g/mol. The van der Waals surface area contributed by atoms with E-state index in [1.807, 2.05) is 12.1 Å². The molecule has 1 saturated heterocycles. The van der Waals surface area contributed by atoms with Gasteiger partial charge in [-0.2, -0.15) is 0 Å². The quantitative estimate of drug-likeness (QED) is 0.264. The van der Waals surface area contributed by atoms with Gasteiger partial charge in [0.1, 0.15) is 18.2 Å². The molecule has 5 rings (SSSR count). The Morgan fingerprint density at radius 1 is 1.07 bits per heavy atom. The zero-order valence-electron chi connectivity index (χ0n) is 24.2. The van der Waals surface area contributed by atoms with E-state index >= 15 is 0 Å². The van der Waals surface area contributed by atoms with Crippen LogP contribution in [0.25, 0.3) is 0 Å². The lowest BCUT2D eigenvalue weighted by Gasteiger charge is -2.33. The van der Waals surface area contributed by atoms with Crippen molar-refractivity contribution in [3.63, 3.8) is 0 Å². The van der Waals surface area contributed by atoms with Gasteiger partial charge in [-0.05, 0) is 60.3 Å². The molecule has 226 valence electrons. The first kappa shape index (κ1) is 30.2. The standard InChI is InChI=1S/C33H41F2N3O4/c1-39-16-2-14-38-15-18-41-31-10-3-23(19-30(31)38)22-42-33-21-37-13-11-27(33)24-4-6-25(7-5-24)29(36)12-17-40-32-20-26(34)8-9-28(32)35/h3-10,19-20,27,29,33,37H,2,11-18,21-22,36H2,1H3. The zero-order valence-corrected chi connectivity index (χ0v) is 24.2. The number of nitrogens with two attached hydrogens (primary N) is 1. The maximum atomic E-state index is 13.8. The van der Waals surface area contributed by atoms with E-state index in [0.717, 1.165) is 86.4 Å². The fraction of sp³-hybridized carbons (Fsp3) is 0.455. The van der Waals surface area contributed by atoms with Gasteiger partial charge < -0.3 is 34.9 Å². The number of benzene rings is 3. The number of rotatable bonds is 13. The summed E-state index contributed by atoms with van der Waals surface area (Å²) in [5, 5.41) is 3.48. The molecule has 0 saturated carbocycles. The summed E-state index contributed by atoms with van der Waals surface area (Å²) in [7, 11) is 1.73. The molecule has 0 radical (unpaired) electrons. The van der Waals surface area contributed by atoms with Crippen molar-refractivity contribution in [2.75, 3.05) is 58.0 Å². The average molecular weight is 582 g/mol. The number of nitrogens with one attached hydrogen (secondary N) is 1. The van der Waals surface area contributed by atoms with Crippen LogP contribution in [0, 0.1) is 11.6 Å². The number of halogens is 2. The predicted octanol–water partition coefficient (Wildman–Crippen LogP) is 5.33.